The SMILES string of the molecule is C=C/C(=C(\C=NC)NC(=O)c1csc(C)n1)N1CCNCC1. The highest BCUT2D eigenvalue weighted by molar-refractivity contribution is 7.09. The zero-order chi connectivity index (χ0) is 15.9. The van der Waals surface area contributed by atoms with Crippen molar-refractivity contribution in [2.45, 2.75) is 6.92 Å². The molecule has 0 aromatic carbocycles. The van der Waals surface area contributed by atoms with Gasteiger partial charge in [-0.25, -0.2) is 4.98 Å². The number of aliphatic imine (C=N–C) groups is 1. The summed E-state index contributed by atoms with van der Waals surface area (Å²) in [5.41, 5.74) is 1.95. The molecule has 0 bridgehead atoms. The van der Waals surface area contributed by atoms with Crippen LogP contribution in [0.5, 0.6) is 0 Å². The van der Waals surface area contributed by atoms with Crippen LogP contribution in [0.4, 0.5) is 0 Å². The molecule has 1 fully saturated rings. The zero-order valence-corrected chi connectivity index (χ0v) is 13.7. The number of aryl methyl sites for hydroxylation is 1. The highest BCUT2D eigenvalue weighted by Crippen LogP contribution is 2.12. The van der Waals surface area contributed by atoms with Crippen LogP contribution in [0.3, 0.4) is 0 Å². The van der Waals surface area contributed by atoms with Crippen LogP contribution >= 0.6 is 11.3 Å². The van der Waals surface area contributed by atoms with Crippen LogP contribution in [0.1, 0.15) is 15.5 Å². The van der Waals surface area contributed by atoms with Crippen molar-refractivity contribution in [2.75, 3.05) is 33.2 Å². The second kappa shape index (κ2) is 7.86. The van der Waals surface area contributed by atoms with Gasteiger partial charge in [-0.1, -0.05) is 6.58 Å². The molecule has 0 spiro atoms. The fourth-order valence-corrected chi connectivity index (χ4v) is 2.85. The normalized spacial score (nSPS) is 16.5. The molecule has 0 saturated carbocycles. The van der Waals surface area contributed by atoms with Crippen molar-refractivity contribution in [1.29, 1.82) is 0 Å². The third-order valence-electron chi connectivity index (χ3n) is 3.29. The van der Waals surface area contributed by atoms with Crippen LogP contribution in [-0.4, -0.2) is 55.2 Å². The van der Waals surface area contributed by atoms with Crippen molar-refractivity contribution >= 4 is 23.5 Å². The first-order chi connectivity index (χ1) is 10.7. The highest BCUT2D eigenvalue weighted by Gasteiger charge is 2.17. The van der Waals surface area contributed by atoms with Crippen molar-refractivity contribution < 1.29 is 4.79 Å². The summed E-state index contributed by atoms with van der Waals surface area (Å²) in [7, 11) is 1.68. The van der Waals surface area contributed by atoms with E-state index in [9.17, 15) is 4.79 Å². The molecule has 118 valence electrons. The van der Waals surface area contributed by atoms with Gasteiger partial charge in [-0.15, -0.1) is 11.3 Å². The van der Waals surface area contributed by atoms with Crippen molar-refractivity contribution in [1.82, 2.24) is 20.5 Å². The summed E-state index contributed by atoms with van der Waals surface area (Å²) in [5.74, 6) is -0.228. The van der Waals surface area contributed by atoms with Gasteiger partial charge in [0.25, 0.3) is 5.91 Å². The molecule has 22 heavy (non-hydrogen) atoms. The number of allylic oxidation sites excluding steroid dienone is 2. The Hall–Kier alpha value is -1.99. The first-order valence-electron chi connectivity index (χ1n) is 7.13. The number of nitrogens with one attached hydrogen (secondary N) is 2. The van der Waals surface area contributed by atoms with Gasteiger partial charge < -0.3 is 15.5 Å². The molecule has 1 saturated heterocycles. The summed E-state index contributed by atoms with van der Waals surface area (Å²) >= 11 is 1.45. The Bertz CT molecular complexity index is 599. The number of carbonyl (C=O) groups excluding carboxylic acids is 1. The minimum absolute atomic E-state index is 0.228. The first kappa shape index (κ1) is 16.4. The van der Waals surface area contributed by atoms with Crippen LogP contribution in [0, 0.1) is 6.92 Å². The predicted molar refractivity (Wildman–Crippen MR) is 90.4 cm³/mol. The number of carbonyl (C=O) groups is 1. The number of rotatable bonds is 5. The van der Waals surface area contributed by atoms with Crippen LogP contribution in [0.15, 0.2) is 34.4 Å². The lowest BCUT2D eigenvalue weighted by Gasteiger charge is -2.31. The molecule has 2 heterocycles. The molecule has 1 aromatic rings. The van der Waals surface area contributed by atoms with E-state index in [0.717, 1.165) is 36.9 Å². The van der Waals surface area contributed by atoms with E-state index in [1.165, 1.54) is 11.3 Å². The molecule has 1 aliphatic rings. The molecule has 6 nitrogen and oxygen atoms in total. The van der Waals surface area contributed by atoms with Crippen molar-refractivity contribution in [3.05, 3.63) is 40.1 Å². The summed E-state index contributed by atoms with van der Waals surface area (Å²) in [5, 5.41) is 8.82. The Morgan fingerprint density at radius 2 is 2.27 bits per heavy atom. The highest BCUT2D eigenvalue weighted by atomic mass is 32.1. The van der Waals surface area contributed by atoms with Gasteiger partial charge in [0.05, 0.1) is 16.4 Å². The van der Waals surface area contributed by atoms with Crippen LogP contribution in [-0.2, 0) is 0 Å². The summed E-state index contributed by atoms with van der Waals surface area (Å²) in [6.07, 6.45) is 3.41. The topological polar surface area (TPSA) is 69.6 Å². The molecule has 0 radical (unpaired) electrons. The molecule has 0 unspecified atom stereocenters. The number of hydrogen-bond acceptors (Lipinski definition) is 6. The van der Waals surface area contributed by atoms with Crippen LogP contribution in [0.25, 0.3) is 0 Å². The molecule has 1 aliphatic heterocycles. The Kier molecular flexibility index (Phi) is 5.85. The van der Waals surface area contributed by atoms with Gasteiger partial charge in [-0.2, -0.15) is 0 Å². The number of thiazole rings is 1. The van der Waals surface area contributed by atoms with E-state index in [1.54, 1.807) is 24.7 Å². The number of hydrogen-bond donors (Lipinski definition) is 2. The third kappa shape index (κ3) is 4.02. The molecular weight excluding hydrogens is 298 g/mol. The summed E-state index contributed by atoms with van der Waals surface area (Å²) in [6, 6.07) is 0. The molecule has 7 heteroatoms. The van der Waals surface area contributed by atoms with E-state index in [0.29, 0.717) is 11.4 Å². The van der Waals surface area contributed by atoms with Crippen LogP contribution in [0.2, 0.25) is 0 Å². The van der Waals surface area contributed by atoms with E-state index in [2.05, 4.69) is 32.1 Å². The van der Waals surface area contributed by atoms with E-state index >= 15 is 0 Å². The van der Waals surface area contributed by atoms with Gasteiger partial charge in [0.1, 0.15) is 5.69 Å². The van der Waals surface area contributed by atoms with Gasteiger partial charge in [-0.3, -0.25) is 9.79 Å². The van der Waals surface area contributed by atoms with Gasteiger partial charge >= 0.3 is 0 Å². The number of piperazine rings is 1. The molecule has 2 rings (SSSR count). The summed E-state index contributed by atoms with van der Waals surface area (Å²) in [6.45, 7) is 9.31. The predicted octanol–water partition coefficient (Wildman–Crippen LogP) is 1.18. The maximum Gasteiger partial charge on any atom is 0.275 e. The Balaban J connectivity index is 2.24. The fourth-order valence-electron chi connectivity index (χ4n) is 2.26. The number of nitrogens with zero attached hydrogens (tertiary/aromatic N) is 3. The van der Waals surface area contributed by atoms with E-state index in [4.69, 9.17) is 0 Å². The molecule has 1 amide bonds. The Morgan fingerprint density at radius 1 is 1.55 bits per heavy atom. The standard InChI is InChI=1S/C15H21N5OS/c1-4-14(20-7-5-17-6-8-20)12(9-16-3)19-15(21)13-10-22-11(2)18-13/h4,9-10,17H,1,5-8H2,2-3H3,(H,19,21)/b14-12-,16-9?. The van der Waals surface area contributed by atoms with E-state index < -0.39 is 0 Å². The molecule has 0 aliphatic carbocycles. The zero-order valence-electron chi connectivity index (χ0n) is 12.9. The van der Waals surface area contributed by atoms with Gasteiger partial charge in [-0.05, 0) is 13.0 Å². The lowest BCUT2D eigenvalue weighted by Crippen LogP contribution is -2.43. The summed E-state index contributed by atoms with van der Waals surface area (Å²) < 4.78 is 0. The monoisotopic (exact) mass is 319 g/mol. The van der Waals surface area contributed by atoms with Crippen molar-refractivity contribution in [3.63, 3.8) is 0 Å². The minimum Gasteiger partial charge on any atom is -0.367 e. The second-order valence-electron chi connectivity index (χ2n) is 4.83. The lowest BCUT2D eigenvalue weighted by molar-refractivity contribution is 0.0962. The van der Waals surface area contributed by atoms with Crippen molar-refractivity contribution in [2.24, 2.45) is 4.99 Å². The molecule has 1 aromatic heterocycles. The van der Waals surface area contributed by atoms with E-state index in [-0.39, 0.29) is 5.91 Å². The number of aromatic nitrogens is 1. The molecular formula is C15H21N5OS. The van der Waals surface area contributed by atoms with Crippen molar-refractivity contribution in [3.8, 4) is 0 Å². The molecule has 2 N–H and O–H groups in total. The Morgan fingerprint density at radius 3 is 2.82 bits per heavy atom. The summed E-state index contributed by atoms with van der Waals surface area (Å²) in [4.78, 5) is 22.8. The fraction of sp³-hybridized carbons (Fsp3) is 0.400. The first-order valence-corrected chi connectivity index (χ1v) is 8.01. The van der Waals surface area contributed by atoms with E-state index in [1.807, 2.05) is 6.92 Å². The average molecular weight is 319 g/mol. The van der Waals surface area contributed by atoms with Crippen LogP contribution < -0.4 is 10.6 Å². The average Bonchev–Trinajstić information content (AvgIpc) is 2.96. The third-order valence-corrected chi connectivity index (χ3v) is 4.06. The smallest absolute Gasteiger partial charge is 0.275 e. The van der Waals surface area contributed by atoms with Gasteiger partial charge in [0, 0.05) is 44.8 Å². The second-order valence-corrected chi connectivity index (χ2v) is 5.90. The Labute approximate surface area is 134 Å². The maximum absolute atomic E-state index is 12.3. The number of amides is 1. The van der Waals surface area contributed by atoms with Gasteiger partial charge in [0.15, 0.2) is 0 Å². The largest absolute Gasteiger partial charge is 0.367 e. The molecule has 0 atom stereocenters. The van der Waals surface area contributed by atoms with Gasteiger partial charge in [0.2, 0.25) is 0 Å². The maximum atomic E-state index is 12.3. The lowest BCUT2D eigenvalue weighted by atomic mass is 10.2. The minimum atomic E-state index is -0.228. The quantitative estimate of drug-likeness (QED) is 0.632.